The summed E-state index contributed by atoms with van der Waals surface area (Å²) in [5.74, 6) is 0. The van der Waals surface area contributed by atoms with E-state index >= 15 is 0 Å². The van der Waals surface area contributed by atoms with Crippen LogP contribution >= 0.6 is 0 Å². The molecule has 0 N–H and O–H groups in total. The predicted octanol–water partition coefficient (Wildman–Crippen LogP) is -1.79. The van der Waals surface area contributed by atoms with Crippen molar-refractivity contribution in [1.82, 2.24) is 0 Å². The van der Waals surface area contributed by atoms with Crippen LogP contribution in [0.15, 0.2) is 12.7 Å². The molecule has 0 aliphatic heterocycles. The summed E-state index contributed by atoms with van der Waals surface area (Å²) >= 11 is 0. The molecular formula is C4H6LiN. The van der Waals surface area contributed by atoms with Gasteiger partial charge in [-0.2, -0.15) is 0 Å². The van der Waals surface area contributed by atoms with E-state index in [0.29, 0.717) is 6.42 Å². The molecule has 0 aliphatic rings. The number of nitrogens with zero attached hydrogens (tertiary/aromatic N) is 1. The van der Waals surface area contributed by atoms with Crippen LogP contribution in [0, 0.1) is 0 Å². The molecule has 0 fully saturated rings. The third-order valence-electron chi connectivity index (χ3n) is 0.272. The van der Waals surface area contributed by atoms with Gasteiger partial charge in [-0.25, -0.2) is 6.21 Å². The minimum absolute atomic E-state index is 0. The van der Waals surface area contributed by atoms with Gasteiger partial charge in [-0.1, -0.05) is 6.08 Å². The number of hydrogen-bond donors (Lipinski definition) is 0. The molecule has 0 saturated carbocycles. The van der Waals surface area contributed by atoms with E-state index in [1.807, 2.05) is 0 Å². The zero-order chi connectivity index (χ0) is 4.12. The molecule has 6 heavy (non-hydrogen) atoms. The van der Waals surface area contributed by atoms with Gasteiger partial charge < -0.3 is 5.41 Å². The molecule has 0 bridgehead atoms. The molecule has 1 nitrogen and oxygen atoms in total. The molecule has 0 aromatic carbocycles. The molecule has 28 valence electrons. The first-order chi connectivity index (χ1) is 2.41. The largest absolute Gasteiger partial charge is 1.00 e. The van der Waals surface area contributed by atoms with E-state index in [4.69, 9.17) is 5.41 Å². The first-order valence-electron chi connectivity index (χ1n) is 1.48. The summed E-state index contributed by atoms with van der Waals surface area (Å²) in [6.45, 7) is 3.36. The second-order valence-corrected chi connectivity index (χ2v) is 0.707. The third kappa shape index (κ3) is 8.99. The summed E-state index contributed by atoms with van der Waals surface area (Å²) in [6, 6.07) is 0. The Morgan fingerprint density at radius 1 is 1.67 bits per heavy atom. The average molecular weight is 75.0 g/mol. The van der Waals surface area contributed by atoms with E-state index < -0.39 is 0 Å². The monoisotopic (exact) mass is 75.1 g/mol. The van der Waals surface area contributed by atoms with Crippen molar-refractivity contribution in [2.24, 2.45) is 0 Å². The smallest absolute Gasteiger partial charge is 0.814 e. The van der Waals surface area contributed by atoms with Crippen molar-refractivity contribution in [3.63, 3.8) is 0 Å². The van der Waals surface area contributed by atoms with Crippen LogP contribution in [0.1, 0.15) is 6.42 Å². The van der Waals surface area contributed by atoms with Crippen molar-refractivity contribution in [2.45, 2.75) is 6.42 Å². The van der Waals surface area contributed by atoms with Gasteiger partial charge in [-0.3, -0.25) is 0 Å². The Morgan fingerprint density at radius 2 is 2.17 bits per heavy atom. The fourth-order valence-electron chi connectivity index (χ4n) is 0.0745. The predicted molar refractivity (Wildman–Crippen MR) is 24.2 cm³/mol. The van der Waals surface area contributed by atoms with Gasteiger partial charge in [-0.15, -0.1) is 6.58 Å². The maximum absolute atomic E-state index is 7.87. The Hall–Kier alpha value is 0.00740. The maximum atomic E-state index is 7.87. The molecule has 0 atom stereocenters. The van der Waals surface area contributed by atoms with Crippen LogP contribution in [-0.2, 0) is 0 Å². The molecule has 2 heteroatoms. The van der Waals surface area contributed by atoms with Crippen molar-refractivity contribution < 1.29 is 18.9 Å². The minimum Gasteiger partial charge on any atom is -0.814 e. The molecule has 0 spiro atoms. The fraction of sp³-hybridized carbons (Fsp3) is 0.250. The topological polar surface area (TPSA) is 22.3 Å². The van der Waals surface area contributed by atoms with E-state index in [9.17, 15) is 0 Å². The van der Waals surface area contributed by atoms with Gasteiger partial charge >= 0.3 is 18.9 Å². The van der Waals surface area contributed by atoms with Gasteiger partial charge in [0.2, 0.25) is 0 Å². The Morgan fingerprint density at radius 3 is 2.17 bits per heavy atom. The quantitative estimate of drug-likeness (QED) is 0.210. The molecule has 0 aliphatic carbocycles. The van der Waals surface area contributed by atoms with Gasteiger partial charge in [0.05, 0.1) is 0 Å². The van der Waals surface area contributed by atoms with Crippen LogP contribution in [0.2, 0.25) is 0 Å². The van der Waals surface area contributed by atoms with Crippen LogP contribution < -0.4 is 18.9 Å². The van der Waals surface area contributed by atoms with Crippen LogP contribution in [0.4, 0.5) is 0 Å². The summed E-state index contributed by atoms with van der Waals surface area (Å²) in [4.78, 5) is 0. The minimum atomic E-state index is 0. The van der Waals surface area contributed by atoms with E-state index in [1.54, 1.807) is 6.08 Å². The summed E-state index contributed by atoms with van der Waals surface area (Å²) in [7, 11) is 0. The summed E-state index contributed by atoms with van der Waals surface area (Å²) in [5, 5.41) is 7.87. The first-order valence-corrected chi connectivity index (χ1v) is 1.48. The second kappa shape index (κ2) is 8.89. The average Bonchev–Trinajstić information content (AvgIpc) is 1.41. The van der Waals surface area contributed by atoms with Crippen molar-refractivity contribution in [1.29, 1.82) is 0 Å². The van der Waals surface area contributed by atoms with Crippen molar-refractivity contribution in [3.05, 3.63) is 18.1 Å². The summed E-state index contributed by atoms with van der Waals surface area (Å²) in [5.41, 5.74) is 0. The summed E-state index contributed by atoms with van der Waals surface area (Å²) < 4.78 is 0. The molecule has 0 unspecified atom stereocenters. The number of hydrogen-bond acceptors (Lipinski definition) is 0. The van der Waals surface area contributed by atoms with Gasteiger partial charge in [0.15, 0.2) is 0 Å². The second-order valence-electron chi connectivity index (χ2n) is 0.707. The maximum Gasteiger partial charge on any atom is 1.00 e. The Labute approximate surface area is 50.1 Å². The zero-order valence-electron chi connectivity index (χ0n) is 4.02. The van der Waals surface area contributed by atoms with Crippen molar-refractivity contribution >= 4 is 6.21 Å². The van der Waals surface area contributed by atoms with Crippen LogP contribution in [-0.4, -0.2) is 6.21 Å². The molecule has 0 radical (unpaired) electrons. The van der Waals surface area contributed by atoms with E-state index in [0.717, 1.165) is 6.21 Å². The van der Waals surface area contributed by atoms with Crippen LogP contribution in [0.25, 0.3) is 5.41 Å². The SMILES string of the molecule is C=CCC=[N-].[Li+]. The third-order valence-corrected chi connectivity index (χ3v) is 0.272. The van der Waals surface area contributed by atoms with E-state index in [1.165, 1.54) is 0 Å². The van der Waals surface area contributed by atoms with Crippen LogP contribution in [0.3, 0.4) is 0 Å². The van der Waals surface area contributed by atoms with Gasteiger partial charge in [0.25, 0.3) is 0 Å². The fourth-order valence-corrected chi connectivity index (χ4v) is 0.0745. The van der Waals surface area contributed by atoms with E-state index in [-0.39, 0.29) is 18.9 Å². The molecule has 0 aromatic rings. The number of allylic oxidation sites excluding steroid dienone is 1. The molecule has 0 heterocycles. The Bertz CT molecular complexity index is 36.8. The Kier molecular flexibility index (Phi) is 13.9. The molecule has 0 aromatic heterocycles. The summed E-state index contributed by atoms with van der Waals surface area (Å²) in [6.07, 6.45) is 3.27. The van der Waals surface area contributed by atoms with Crippen molar-refractivity contribution in [3.8, 4) is 0 Å². The standard InChI is InChI=1S/C4H6N.Li/c1-2-3-4-5;/h2,4H,1,3H2;/q-1;+1. The van der Waals surface area contributed by atoms with Gasteiger partial charge in [-0.05, 0) is 6.42 Å². The van der Waals surface area contributed by atoms with Crippen LogP contribution in [0.5, 0.6) is 0 Å². The Balaban J connectivity index is 0. The molecular weight excluding hydrogens is 69.0 g/mol. The molecule has 0 amide bonds. The van der Waals surface area contributed by atoms with Gasteiger partial charge in [0, 0.05) is 0 Å². The van der Waals surface area contributed by atoms with Gasteiger partial charge in [0.1, 0.15) is 0 Å². The van der Waals surface area contributed by atoms with E-state index in [2.05, 4.69) is 6.58 Å². The van der Waals surface area contributed by atoms with Crippen molar-refractivity contribution in [2.75, 3.05) is 0 Å². The molecule has 0 saturated heterocycles. The molecule has 0 rings (SSSR count). The zero-order valence-corrected chi connectivity index (χ0v) is 4.02. The number of rotatable bonds is 2. The normalized spacial score (nSPS) is 5.33. The first kappa shape index (κ1) is 9.38.